The highest BCUT2D eigenvalue weighted by Crippen LogP contribution is 2.18. The van der Waals surface area contributed by atoms with Gasteiger partial charge in [-0.05, 0) is 27.7 Å². The van der Waals surface area contributed by atoms with Crippen LogP contribution in [0.15, 0.2) is 0 Å². The zero-order valence-corrected chi connectivity index (χ0v) is 16.4. The van der Waals surface area contributed by atoms with E-state index in [-0.39, 0.29) is 26.1 Å². The topological polar surface area (TPSA) is 128 Å². The molecule has 0 aliphatic carbocycles. The number of carbonyl (C=O) groups excluding carboxylic acids is 3. The number of esters is 1. The summed E-state index contributed by atoms with van der Waals surface area (Å²) < 4.78 is 37.6. The minimum absolute atomic E-state index is 0.000508. The highest BCUT2D eigenvalue weighted by atomic mass is 32.2. The number of nitrogens with zero attached hydrogens (tertiary/aromatic N) is 1. The lowest BCUT2D eigenvalue weighted by Gasteiger charge is -2.36. The standard InChI is InChI=1S/C15H26N2O8S/c1-6-23-12(18)9-17-8-10(16-14(20)24-15(2,3)4)7-11(13(17)19)25-26(5,21)22/h10-11H,6-9H2,1-5H3,(H,16,20)/t10-,11+/m0/s1. The van der Waals surface area contributed by atoms with Crippen LogP contribution in [0.3, 0.4) is 0 Å². The zero-order chi connectivity index (χ0) is 20.1. The third-order valence-electron chi connectivity index (χ3n) is 3.16. The molecular weight excluding hydrogens is 368 g/mol. The Morgan fingerprint density at radius 3 is 2.42 bits per heavy atom. The first-order valence-electron chi connectivity index (χ1n) is 8.13. The van der Waals surface area contributed by atoms with Gasteiger partial charge in [-0.1, -0.05) is 0 Å². The van der Waals surface area contributed by atoms with Gasteiger partial charge in [0, 0.05) is 13.0 Å². The van der Waals surface area contributed by atoms with Gasteiger partial charge in [-0.25, -0.2) is 4.79 Å². The summed E-state index contributed by atoms with van der Waals surface area (Å²) in [6.45, 7) is 6.48. The molecule has 0 bridgehead atoms. The Labute approximate surface area is 153 Å². The third-order valence-corrected chi connectivity index (χ3v) is 3.75. The van der Waals surface area contributed by atoms with Crippen LogP contribution in [0.5, 0.6) is 0 Å². The number of ether oxygens (including phenoxy) is 2. The summed E-state index contributed by atoms with van der Waals surface area (Å²) in [6.07, 6.45) is -1.30. The van der Waals surface area contributed by atoms with E-state index in [1.807, 2.05) is 0 Å². The summed E-state index contributed by atoms with van der Waals surface area (Å²) in [5.41, 5.74) is -0.720. The highest BCUT2D eigenvalue weighted by Gasteiger charge is 2.39. The first-order valence-corrected chi connectivity index (χ1v) is 9.94. The van der Waals surface area contributed by atoms with Gasteiger partial charge in [-0.15, -0.1) is 0 Å². The molecule has 1 aliphatic heterocycles. The van der Waals surface area contributed by atoms with E-state index in [9.17, 15) is 22.8 Å². The molecule has 2 atom stereocenters. The van der Waals surface area contributed by atoms with Crippen LogP contribution in [0.25, 0.3) is 0 Å². The largest absolute Gasteiger partial charge is 0.465 e. The zero-order valence-electron chi connectivity index (χ0n) is 15.6. The average Bonchev–Trinajstić information content (AvgIpc) is 2.40. The van der Waals surface area contributed by atoms with Gasteiger partial charge in [0.2, 0.25) is 0 Å². The number of carbonyl (C=O) groups is 3. The minimum Gasteiger partial charge on any atom is -0.465 e. The van der Waals surface area contributed by atoms with E-state index in [0.29, 0.717) is 0 Å². The quantitative estimate of drug-likeness (QED) is 0.493. The predicted molar refractivity (Wildman–Crippen MR) is 90.7 cm³/mol. The van der Waals surface area contributed by atoms with Gasteiger partial charge in [0.15, 0.2) is 6.10 Å². The molecule has 0 unspecified atom stereocenters. The summed E-state index contributed by atoms with van der Waals surface area (Å²) in [5, 5.41) is 2.56. The molecule has 1 saturated heterocycles. The van der Waals surface area contributed by atoms with E-state index in [2.05, 4.69) is 5.32 Å². The summed E-state index contributed by atoms with van der Waals surface area (Å²) in [6, 6.07) is -0.649. The van der Waals surface area contributed by atoms with Gasteiger partial charge in [-0.2, -0.15) is 8.42 Å². The Kier molecular flexibility index (Phi) is 7.39. The van der Waals surface area contributed by atoms with Crippen molar-refractivity contribution in [3.05, 3.63) is 0 Å². The first-order chi connectivity index (χ1) is 11.8. The van der Waals surface area contributed by atoms with Gasteiger partial charge in [0.1, 0.15) is 12.1 Å². The Morgan fingerprint density at radius 1 is 1.31 bits per heavy atom. The molecule has 0 spiro atoms. The number of alkyl carbamates (subject to hydrolysis) is 1. The Bertz CT molecular complexity index is 641. The van der Waals surface area contributed by atoms with E-state index in [1.165, 1.54) is 0 Å². The number of hydrogen-bond acceptors (Lipinski definition) is 8. The molecule has 2 amide bonds. The molecule has 0 saturated carbocycles. The predicted octanol–water partition coefficient (Wildman–Crippen LogP) is 0.0199. The average molecular weight is 394 g/mol. The summed E-state index contributed by atoms with van der Waals surface area (Å²) in [5.74, 6) is -1.30. The van der Waals surface area contributed by atoms with E-state index in [0.717, 1.165) is 11.2 Å². The molecule has 1 aliphatic rings. The van der Waals surface area contributed by atoms with Crippen LogP contribution in [0.2, 0.25) is 0 Å². The fourth-order valence-electron chi connectivity index (χ4n) is 2.37. The van der Waals surface area contributed by atoms with Crippen LogP contribution in [-0.4, -0.2) is 75.0 Å². The Hall–Kier alpha value is -1.88. The molecule has 26 heavy (non-hydrogen) atoms. The lowest BCUT2D eigenvalue weighted by atomic mass is 10.0. The van der Waals surface area contributed by atoms with Crippen molar-refractivity contribution in [3.63, 3.8) is 0 Å². The van der Waals surface area contributed by atoms with Crippen LogP contribution >= 0.6 is 0 Å². The van der Waals surface area contributed by atoms with E-state index in [4.69, 9.17) is 13.7 Å². The molecule has 1 rings (SSSR count). The molecule has 150 valence electrons. The SMILES string of the molecule is CCOC(=O)CN1C[C@@H](NC(=O)OC(C)(C)C)C[C@@H](OS(C)(=O)=O)C1=O. The fraction of sp³-hybridized carbons (Fsp3) is 0.800. The molecule has 1 fully saturated rings. The second-order valence-electron chi connectivity index (χ2n) is 6.89. The Balaban J connectivity index is 2.88. The van der Waals surface area contributed by atoms with Gasteiger partial charge in [-0.3, -0.25) is 13.8 Å². The summed E-state index contributed by atoms with van der Waals surface area (Å²) in [7, 11) is -3.91. The molecule has 1 N–H and O–H groups in total. The van der Waals surface area contributed by atoms with Gasteiger partial charge < -0.3 is 19.7 Å². The maximum Gasteiger partial charge on any atom is 0.407 e. The van der Waals surface area contributed by atoms with Crippen LogP contribution in [0, 0.1) is 0 Å². The van der Waals surface area contributed by atoms with Crippen LogP contribution < -0.4 is 5.32 Å². The van der Waals surface area contributed by atoms with E-state index in [1.54, 1.807) is 27.7 Å². The maximum atomic E-state index is 12.4. The number of piperidine rings is 1. The highest BCUT2D eigenvalue weighted by molar-refractivity contribution is 7.86. The lowest BCUT2D eigenvalue weighted by molar-refractivity contribution is -0.153. The van der Waals surface area contributed by atoms with Crippen molar-refractivity contribution < 1.29 is 36.5 Å². The van der Waals surface area contributed by atoms with Crippen molar-refractivity contribution in [1.82, 2.24) is 10.2 Å². The Morgan fingerprint density at radius 2 is 1.92 bits per heavy atom. The number of hydrogen-bond donors (Lipinski definition) is 1. The van der Waals surface area contributed by atoms with Crippen LogP contribution in [0.4, 0.5) is 4.79 Å². The monoisotopic (exact) mass is 394 g/mol. The smallest absolute Gasteiger partial charge is 0.407 e. The molecule has 0 radical (unpaired) electrons. The van der Waals surface area contributed by atoms with E-state index >= 15 is 0 Å². The third kappa shape index (κ3) is 8.00. The number of likely N-dealkylation sites (tertiary alicyclic amines) is 1. The molecule has 0 aromatic heterocycles. The van der Waals surface area contributed by atoms with Crippen LogP contribution in [0.1, 0.15) is 34.1 Å². The molecule has 1 heterocycles. The normalized spacial score (nSPS) is 21.3. The lowest BCUT2D eigenvalue weighted by Crippen LogP contribution is -2.58. The second kappa shape index (κ2) is 8.67. The first kappa shape index (κ1) is 22.2. The van der Waals surface area contributed by atoms with Crippen molar-refractivity contribution in [2.75, 3.05) is 26.0 Å². The van der Waals surface area contributed by atoms with Crippen molar-refractivity contribution in [1.29, 1.82) is 0 Å². The number of rotatable bonds is 6. The summed E-state index contributed by atoms with van der Waals surface area (Å²) in [4.78, 5) is 37.1. The fourth-order valence-corrected chi connectivity index (χ4v) is 2.95. The van der Waals surface area contributed by atoms with Crippen molar-refractivity contribution in [2.24, 2.45) is 0 Å². The molecule has 0 aromatic rings. The molecular formula is C15H26N2O8S. The molecule has 0 aromatic carbocycles. The van der Waals surface area contributed by atoms with Crippen LogP contribution in [-0.2, 0) is 33.4 Å². The van der Waals surface area contributed by atoms with Crippen molar-refractivity contribution in [3.8, 4) is 0 Å². The maximum absolute atomic E-state index is 12.4. The van der Waals surface area contributed by atoms with E-state index < -0.39 is 45.8 Å². The summed E-state index contributed by atoms with van der Waals surface area (Å²) >= 11 is 0. The second-order valence-corrected chi connectivity index (χ2v) is 8.49. The van der Waals surface area contributed by atoms with Crippen molar-refractivity contribution in [2.45, 2.75) is 51.9 Å². The van der Waals surface area contributed by atoms with Gasteiger partial charge in [0.25, 0.3) is 16.0 Å². The number of nitrogens with one attached hydrogen (secondary N) is 1. The van der Waals surface area contributed by atoms with Gasteiger partial charge in [0.05, 0.1) is 18.9 Å². The number of amides is 2. The van der Waals surface area contributed by atoms with Gasteiger partial charge >= 0.3 is 12.1 Å². The van der Waals surface area contributed by atoms with Crippen molar-refractivity contribution >= 4 is 28.1 Å². The molecule has 10 nitrogen and oxygen atoms in total. The minimum atomic E-state index is -3.91. The molecule has 11 heteroatoms.